The number of hydrogen-bond donors (Lipinski definition) is 1. The lowest BCUT2D eigenvalue weighted by Crippen LogP contribution is -2.01. The molecule has 0 aliphatic heterocycles. The highest BCUT2D eigenvalue weighted by Gasteiger charge is 2.12. The molecule has 1 N–H and O–H groups in total. The van der Waals surface area contributed by atoms with E-state index in [1.165, 1.54) is 0 Å². The fourth-order valence-corrected chi connectivity index (χ4v) is 1.63. The lowest BCUT2D eigenvalue weighted by atomic mass is 9.97. The number of nitrogens with zero attached hydrogens (tertiary/aromatic N) is 3. The Bertz CT molecular complexity index is 599. The predicted molar refractivity (Wildman–Crippen MR) is 69.8 cm³/mol. The second-order valence-electron chi connectivity index (χ2n) is 5.28. The first kappa shape index (κ1) is 12.6. The molecule has 0 spiro atoms. The van der Waals surface area contributed by atoms with Crippen LogP contribution in [-0.2, 0) is 0 Å². The van der Waals surface area contributed by atoms with Crippen LogP contribution in [0.5, 0.6) is 0 Å². The van der Waals surface area contributed by atoms with Crippen molar-refractivity contribution in [2.75, 3.05) is 0 Å². The molecule has 2 heterocycles. The summed E-state index contributed by atoms with van der Waals surface area (Å²) in [7, 11) is 0. The molecule has 18 heavy (non-hydrogen) atoms. The summed E-state index contributed by atoms with van der Waals surface area (Å²) in [6.07, 6.45) is 6.57. The summed E-state index contributed by atoms with van der Waals surface area (Å²) >= 11 is 0. The molecule has 2 aromatic heterocycles. The van der Waals surface area contributed by atoms with Gasteiger partial charge < -0.3 is 5.11 Å². The van der Waals surface area contributed by atoms with Gasteiger partial charge in [0.05, 0.1) is 24.0 Å². The summed E-state index contributed by atoms with van der Waals surface area (Å²) in [4.78, 5) is 4.04. The first-order chi connectivity index (χ1) is 8.47. The highest BCUT2D eigenvalue weighted by atomic mass is 16.3. The minimum Gasteiger partial charge on any atom is -0.387 e. The fourth-order valence-electron chi connectivity index (χ4n) is 1.63. The van der Waals surface area contributed by atoms with Crippen molar-refractivity contribution in [1.29, 1.82) is 0 Å². The van der Waals surface area contributed by atoms with E-state index < -0.39 is 6.10 Å². The van der Waals surface area contributed by atoms with Crippen molar-refractivity contribution in [3.05, 3.63) is 30.4 Å². The Morgan fingerprint density at radius 2 is 2.17 bits per heavy atom. The monoisotopic (exact) mass is 243 g/mol. The molecule has 4 nitrogen and oxygen atoms in total. The molecule has 2 rings (SSSR count). The molecule has 0 aromatic carbocycles. The Kier molecular flexibility index (Phi) is 3.35. The van der Waals surface area contributed by atoms with Crippen molar-refractivity contribution in [2.24, 2.45) is 5.41 Å². The molecule has 4 heteroatoms. The van der Waals surface area contributed by atoms with Crippen LogP contribution in [0.15, 0.2) is 24.8 Å². The highest BCUT2D eigenvalue weighted by molar-refractivity contribution is 5.52. The molecule has 0 bridgehead atoms. The van der Waals surface area contributed by atoms with Gasteiger partial charge in [-0.05, 0) is 20.8 Å². The van der Waals surface area contributed by atoms with Gasteiger partial charge in [-0.25, -0.2) is 4.52 Å². The Morgan fingerprint density at radius 1 is 1.39 bits per heavy atom. The van der Waals surface area contributed by atoms with E-state index in [0.717, 1.165) is 11.1 Å². The summed E-state index contributed by atoms with van der Waals surface area (Å²) in [5, 5.41) is 14.3. The van der Waals surface area contributed by atoms with Crippen molar-refractivity contribution >= 4 is 5.52 Å². The summed E-state index contributed by atoms with van der Waals surface area (Å²) < 4.78 is 1.70. The van der Waals surface area contributed by atoms with E-state index in [1.54, 1.807) is 29.3 Å². The van der Waals surface area contributed by atoms with Crippen LogP contribution < -0.4 is 0 Å². The second-order valence-corrected chi connectivity index (χ2v) is 5.28. The maximum atomic E-state index is 10.1. The van der Waals surface area contributed by atoms with Gasteiger partial charge >= 0.3 is 0 Å². The van der Waals surface area contributed by atoms with E-state index in [1.807, 2.05) is 20.8 Å². The van der Waals surface area contributed by atoms with Gasteiger partial charge in [-0.1, -0.05) is 11.8 Å². The molecule has 0 saturated carbocycles. The SMILES string of the molecule is CC(C)(C)C#CCC(O)c1cnn2ccncc12. The Hall–Kier alpha value is -1.86. The molecular formula is C14H17N3O. The molecule has 0 aliphatic rings. The normalized spacial score (nSPS) is 13.1. The number of hydrogen-bond acceptors (Lipinski definition) is 3. The van der Waals surface area contributed by atoms with Crippen LogP contribution in [0, 0.1) is 17.3 Å². The summed E-state index contributed by atoms with van der Waals surface area (Å²) in [5.41, 5.74) is 1.55. The average molecular weight is 243 g/mol. The van der Waals surface area contributed by atoms with E-state index in [9.17, 15) is 5.11 Å². The van der Waals surface area contributed by atoms with Gasteiger partial charge in [0.1, 0.15) is 0 Å². The van der Waals surface area contributed by atoms with E-state index in [4.69, 9.17) is 0 Å². The van der Waals surface area contributed by atoms with Gasteiger partial charge in [0.25, 0.3) is 0 Å². The molecule has 0 amide bonds. The third-order valence-corrected chi connectivity index (χ3v) is 2.47. The number of aliphatic hydroxyl groups is 1. The zero-order chi connectivity index (χ0) is 13.2. The summed E-state index contributed by atoms with van der Waals surface area (Å²) in [6, 6.07) is 0. The van der Waals surface area contributed by atoms with Crippen molar-refractivity contribution in [3.63, 3.8) is 0 Å². The molecule has 0 aliphatic carbocycles. The molecular weight excluding hydrogens is 226 g/mol. The number of fused-ring (bicyclic) bond motifs is 1. The van der Waals surface area contributed by atoms with Crippen LogP contribution in [0.4, 0.5) is 0 Å². The minimum absolute atomic E-state index is 0.0393. The topological polar surface area (TPSA) is 50.4 Å². The van der Waals surface area contributed by atoms with Crippen LogP contribution in [0.3, 0.4) is 0 Å². The molecule has 1 atom stereocenters. The van der Waals surface area contributed by atoms with Crippen LogP contribution >= 0.6 is 0 Å². The Morgan fingerprint density at radius 3 is 2.89 bits per heavy atom. The van der Waals surface area contributed by atoms with Gasteiger partial charge in [-0.15, -0.1) is 0 Å². The van der Waals surface area contributed by atoms with Crippen LogP contribution in [0.25, 0.3) is 5.52 Å². The van der Waals surface area contributed by atoms with Crippen molar-refractivity contribution in [2.45, 2.75) is 33.3 Å². The van der Waals surface area contributed by atoms with Crippen LogP contribution in [-0.4, -0.2) is 19.7 Å². The Balaban J connectivity index is 2.18. The van der Waals surface area contributed by atoms with Crippen molar-refractivity contribution in [1.82, 2.24) is 14.6 Å². The highest BCUT2D eigenvalue weighted by Crippen LogP contribution is 2.21. The zero-order valence-corrected chi connectivity index (χ0v) is 10.9. The van der Waals surface area contributed by atoms with Gasteiger partial charge in [-0.3, -0.25) is 4.98 Å². The molecule has 2 aromatic rings. The lowest BCUT2D eigenvalue weighted by molar-refractivity contribution is 0.185. The van der Waals surface area contributed by atoms with Crippen molar-refractivity contribution < 1.29 is 5.11 Å². The maximum Gasteiger partial charge on any atom is 0.0936 e. The van der Waals surface area contributed by atoms with Gasteiger partial charge in [0, 0.05) is 29.8 Å². The Labute approximate surface area is 107 Å². The van der Waals surface area contributed by atoms with E-state index in [0.29, 0.717) is 6.42 Å². The number of aromatic nitrogens is 3. The average Bonchev–Trinajstić information content (AvgIpc) is 2.70. The van der Waals surface area contributed by atoms with Crippen molar-refractivity contribution in [3.8, 4) is 11.8 Å². The van der Waals surface area contributed by atoms with E-state index in [-0.39, 0.29) is 5.41 Å². The van der Waals surface area contributed by atoms with Gasteiger partial charge in [0.15, 0.2) is 0 Å². The first-order valence-electron chi connectivity index (χ1n) is 5.93. The van der Waals surface area contributed by atoms with Crippen LogP contribution in [0.1, 0.15) is 38.9 Å². The van der Waals surface area contributed by atoms with E-state index >= 15 is 0 Å². The lowest BCUT2D eigenvalue weighted by Gasteiger charge is -2.08. The standard InChI is InChI=1S/C14H17N3O/c1-14(2,3)6-4-5-13(18)11-9-16-17-8-7-15-10-12(11)17/h7-10,13,18H,5H2,1-3H3. The summed E-state index contributed by atoms with van der Waals surface area (Å²) in [6.45, 7) is 6.14. The molecule has 1 unspecified atom stereocenters. The first-order valence-corrected chi connectivity index (χ1v) is 5.93. The molecule has 94 valence electrons. The third-order valence-electron chi connectivity index (χ3n) is 2.47. The zero-order valence-electron chi connectivity index (χ0n) is 10.9. The number of aliphatic hydroxyl groups excluding tert-OH is 1. The molecule has 0 radical (unpaired) electrons. The summed E-state index contributed by atoms with van der Waals surface area (Å²) in [5.74, 6) is 6.13. The van der Waals surface area contributed by atoms with Gasteiger partial charge in [0.2, 0.25) is 0 Å². The quantitative estimate of drug-likeness (QED) is 0.823. The third kappa shape index (κ3) is 2.88. The van der Waals surface area contributed by atoms with Gasteiger partial charge in [-0.2, -0.15) is 5.10 Å². The van der Waals surface area contributed by atoms with Crippen LogP contribution in [0.2, 0.25) is 0 Å². The number of rotatable bonds is 2. The largest absolute Gasteiger partial charge is 0.387 e. The minimum atomic E-state index is -0.624. The van der Waals surface area contributed by atoms with E-state index in [2.05, 4.69) is 21.9 Å². The second kappa shape index (κ2) is 4.79. The molecule has 0 fully saturated rings. The molecule has 0 saturated heterocycles. The smallest absolute Gasteiger partial charge is 0.0936 e. The predicted octanol–water partition coefficient (Wildman–Crippen LogP) is 2.20. The maximum absolute atomic E-state index is 10.1. The fraction of sp³-hybridized carbons (Fsp3) is 0.429.